The molecule has 0 saturated carbocycles. The highest BCUT2D eigenvalue weighted by Gasteiger charge is 2.06. The maximum absolute atomic E-state index is 7.75. The molecule has 9 heteroatoms. The first kappa shape index (κ1) is 16.4. The zero-order valence-corrected chi connectivity index (χ0v) is 12.7. The van der Waals surface area contributed by atoms with Crippen LogP contribution in [0.3, 0.4) is 0 Å². The van der Waals surface area contributed by atoms with Crippen molar-refractivity contribution in [1.82, 2.24) is 10.9 Å². The molecular formula is C14H15ClN8. The van der Waals surface area contributed by atoms with E-state index in [0.29, 0.717) is 10.7 Å². The topological polar surface area (TPSA) is 135 Å². The van der Waals surface area contributed by atoms with Crippen molar-refractivity contribution in [3.05, 3.63) is 53.6 Å². The third-order valence-corrected chi connectivity index (χ3v) is 3.15. The summed E-state index contributed by atoms with van der Waals surface area (Å²) >= 11 is 6.30. The third-order valence-electron chi connectivity index (χ3n) is 2.84. The van der Waals surface area contributed by atoms with E-state index in [1.165, 1.54) is 0 Å². The normalized spacial score (nSPS) is 10.8. The molecule has 2 aromatic rings. The van der Waals surface area contributed by atoms with Gasteiger partial charge in [0.15, 0.2) is 0 Å². The number of hydrogen-bond acceptors (Lipinski definition) is 4. The minimum Gasteiger partial charge on any atom is -0.325 e. The van der Waals surface area contributed by atoms with Crippen molar-refractivity contribution in [2.24, 2.45) is 16.1 Å². The molecule has 2 aromatic carbocycles. The second-order valence-corrected chi connectivity index (χ2v) is 4.77. The Balaban J connectivity index is 2.15. The number of halogens is 1. The summed E-state index contributed by atoms with van der Waals surface area (Å²) in [4.78, 5) is 3.78. The number of hydrazine groups is 1. The van der Waals surface area contributed by atoms with Gasteiger partial charge in [0.25, 0.3) is 0 Å². The lowest BCUT2D eigenvalue weighted by Crippen LogP contribution is -2.39. The average Bonchev–Trinajstić information content (AvgIpc) is 2.55. The molecule has 0 amide bonds. The van der Waals surface area contributed by atoms with E-state index in [1.54, 1.807) is 12.1 Å². The molecule has 0 bridgehead atoms. The molecule has 0 heterocycles. The molecule has 0 aliphatic carbocycles. The summed E-state index contributed by atoms with van der Waals surface area (Å²) < 4.78 is 0. The van der Waals surface area contributed by atoms with E-state index in [4.69, 9.17) is 28.4 Å². The number of rotatable bonds is 3. The van der Waals surface area contributed by atoms with Crippen LogP contribution in [-0.2, 0) is 0 Å². The van der Waals surface area contributed by atoms with Gasteiger partial charge in [-0.3, -0.25) is 10.8 Å². The van der Waals surface area contributed by atoms with Crippen molar-refractivity contribution < 1.29 is 0 Å². The van der Waals surface area contributed by atoms with E-state index in [-0.39, 0.29) is 11.9 Å². The second-order valence-electron chi connectivity index (χ2n) is 4.36. The molecule has 0 aromatic heterocycles. The van der Waals surface area contributed by atoms with Gasteiger partial charge in [-0.15, -0.1) is 0 Å². The Morgan fingerprint density at radius 3 is 2.48 bits per heavy atom. The van der Waals surface area contributed by atoms with Gasteiger partial charge in [-0.2, -0.15) is 10.5 Å². The lowest BCUT2D eigenvalue weighted by atomic mass is 10.1. The van der Waals surface area contributed by atoms with Crippen LogP contribution in [0.2, 0.25) is 5.02 Å². The zero-order chi connectivity index (χ0) is 16.7. The van der Waals surface area contributed by atoms with Gasteiger partial charge in [-0.1, -0.05) is 53.2 Å². The molecule has 2 rings (SSSR count). The van der Waals surface area contributed by atoms with E-state index in [9.17, 15) is 0 Å². The highest BCUT2D eigenvalue weighted by atomic mass is 35.5. The molecule has 118 valence electrons. The van der Waals surface area contributed by atoms with Gasteiger partial charge >= 0.3 is 0 Å². The maximum atomic E-state index is 7.75. The molecule has 0 unspecified atom stereocenters. The summed E-state index contributed by atoms with van der Waals surface area (Å²) in [6.07, 6.45) is 0. The molecule has 7 N–H and O–H groups in total. The van der Waals surface area contributed by atoms with E-state index < -0.39 is 0 Å². The number of nitrogens with two attached hydrogens (primary N) is 1. The average molecular weight is 331 g/mol. The fourth-order valence-electron chi connectivity index (χ4n) is 1.86. The fraction of sp³-hybridized carbons (Fsp3) is 0. The number of hydrogen-bond donors (Lipinski definition) is 6. The van der Waals surface area contributed by atoms with Crippen molar-refractivity contribution >= 4 is 29.2 Å². The van der Waals surface area contributed by atoms with Gasteiger partial charge in [-0.25, -0.2) is 11.3 Å². The Morgan fingerprint density at radius 2 is 1.87 bits per heavy atom. The van der Waals surface area contributed by atoms with Crippen LogP contribution < -0.4 is 22.0 Å². The Bertz CT molecular complexity index is 729. The first-order valence-corrected chi connectivity index (χ1v) is 6.90. The highest BCUT2D eigenvalue weighted by molar-refractivity contribution is 6.33. The summed E-state index contributed by atoms with van der Waals surface area (Å²) in [7, 11) is 0. The molecule has 23 heavy (non-hydrogen) atoms. The first-order chi connectivity index (χ1) is 11.1. The minimum atomic E-state index is -0.197. The van der Waals surface area contributed by atoms with Crippen LogP contribution in [0.4, 0.5) is 5.69 Å². The van der Waals surface area contributed by atoms with Crippen LogP contribution in [0.1, 0.15) is 0 Å². The van der Waals surface area contributed by atoms with E-state index >= 15 is 0 Å². The Labute approximate surface area is 137 Å². The number of anilines is 1. The molecule has 0 atom stereocenters. The van der Waals surface area contributed by atoms with E-state index in [1.807, 2.05) is 36.4 Å². The molecule has 0 radical (unpaired) electrons. The third kappa shape index (κ3) is 4.50. The fourth-order valence-corrected chi connectivity index (χ4v) is 2.15. The minimum absolute atomic E-state index is 0.0375. The van der Waals surface area contributed by atoms with Crippen LogP contribution in [0, 0.1) is 10.9 Å². The summed E-state index contributed by atoms with van der Waals surface area (Å²) in [6.45, 7) is 0. The van der Waals surface area contributed by atoms with Crippen molar-refractivity contribution in [1.29, 1.82) is 10.9 Å². The molecule has 0 spiro atoms. The van der Waals surface area contributed by atoms with Gasteiger partial charge < -0.3 is 5.32 Å². The maximum Gasteiger partial charge on any atom is 0.235 e. The van der Waals surface area contributed by atoms with Crippen molar-refractivity contribution in [2.75, 3.05) is 5.32 Å². The van der Waals surface area contributed by atoms with Crippen LogP contribution in [0.15, 0.2) is 58.7 Å². The first-order valence-electron chi connectivity index (χ1n) is 6.52. The lowest BCUT2D eigenvalue weighted by Gasteiger charge is -2.09. The van der Waals surface area contributed by atoms with E-state index in [0.717, 1.165) is 11.1 Å². The number of nitrogens with zero attached hydrogens (tertiary/aromatic N) is 2. The lowest BCUT2D eigenvalue weighted by molar-refractivity contribution is 0.816. The van der Waals surface area contributed by atoms with Crippen LogP contribution in [-0.4, -0.2) is 11.9 Å². The summed E-state index contributed by atoms with van der Waals surface area (Å²) in [5, 5.41) is 14.0. The van der Waals surface area contributed by atoms with Crippen LogP contribution >= 0.6 is 11.6 Å². The largest absolute Gasteiger partial charge is 0.325 e. The van der Waals surface area contributed by atoms with Gasteiger partial charge in [0.05, 0.1) is 5.02 Å². The quantitative estimate of drug-likeness (QED) is 0.169. The van der Waals surface area contributed by atoms with Crippen molar-refractivity contribution in [3.63, 3.8) is 0 Å². The van der Waals surface area contributed by atoms with E-state index in [2.05, 4.69) is 26.4 Å². The zero-order valence-electron chi connectivity index (χ0n) is 12.0. The summed E-state index contributed by atoms with van der Waals surface area (Å²) in [5.41, 5.74) is 13.5. The van der Waals surface area contributed by atoms with Crippen molar-refractivity contribution in [2.45, 2.75) is 0 Å². The predicted molar refractivity (Wildman–Crippen MR) is 91.3 cm³/mol. The van der Waals surface area contributed by atoms with Gasteiger partial charge in [0, 0.05) is 11.3 Å². The smallest absolute Gasteiger partial charge is 0.235 e. The summed E-state index contributed by atoms with van der Waals surface area (Å²) in [5.74, 6) is 4.94. The van der Waals surface area contributed by atoms with Crippen LogP contribution in [0.25, 0.3) is 11.1 Å². The number of aliphatic imine (C=N–C) groups is 1. The van der Waals surface area contributed by atoms with Gasteiger partial charge in [0.2, 0.25) is 11.9 Å². The Kier molecular flexibility index (Phi) is 5.61. The standard InChI is InChI=1S/C14H15ClN8/c15-12-8-10(19-13(16)20-14(21-17)22-23-18)6-7-11(12)9-4-2-1-3-5-9/h1-8H,17H2,(H5,16,18,19,20,21,22). The molecular weight excluding hydrogens is 316 g/mol. The second kappa shape index (κ2) is 7.87. The Hall–Kier alpha value is -2.97. The summed E-state index contributed by atoms with van der Waals surface area (Å²) in [6, 6.07) is 15.1. The number of nitrogens with one attached hydrogen (secondary N) is 5. The van der Waals surface area contributed by atoms with Crippen molar-refractivity contribution in [3.8, 4) is 11.1 Å². The number of benzene rings is 2. The number of guanidine groups is 2. The molecule has 0 aliphatic rings. The van der Waals surface area contributed by atoms with Gasteiger partial charge in [-0.05, 0) is 17.7 Å². The van der Waals surface area contributed by atoms with Gasteiger partial charge in [0.1, 0.15) is 0 Å². The molecule has 0 fully saturated rings. The monoisotopic (exact) mass is 330 g/mol. The molecule has 0 saturated heterocycles. The SMILES string of the molecule is N=NN/C(=N/C(=N)Nc1ccc(-c2ccccc2)c(Cl)c1)NN. The molecule has 8 nitrogen and oxygen atoms in total. The predicted octanol–water partition coefficient (Wildman–Crippen LogP) is 2.71. The molecule has 0 aliphatic heterocycles. The Morgan fingerprint density at radius 1 is 1.13 bits per heavy atom. The highest BCUT2D eigenvalue weighted by Crippen LogP contribution is 2.30. The van der Waals surface area contributed by atoms with Crippen LogP contribution in [0.5, 0.6) is 0 Å².